The van der Waals surface area contributed by atoms with Crippen molar-refractivity contribution in [2.24, 2.45) is 0 Å². The first-order valence-electron chi connectivity index (χ1n) is 8.32. The molecule has 7 heteroatoms. The predicted molar refractivity (Wildman–Crippen MR) is 91.6 cm³/mol. The average Bonchev–Trinajstić information content (AvgIpc) is 2.92. The molecule has 1 aromatic carbocycles. The number of piperazine rings is 1. The Balaban J connectivity index is 1.53. The summed E-state index contributed by atoms with van der Waals surface area (Å²) >= 11 is 12.4. The Morgan fingerprint density at radius 1 is 1.08 bits per heavy atom. The van der Waals surface area contributed by atoms with Crippen LogP contribution < -0.4 is 0 Å². The first kappa shape index (κ1) is 16.5. The molecule has 0 unspecified atom stereocenters. The van der Waals surface area contributed by atoms with Crippen molar-refractivity contribution in [2.75, 3.05) is 19.6 Å². The fraction of sp³-hybridized carbons (Fsp3) is 0.588. The molecule has 4 rings (SSSR count). The zero-order valence-electron chi connectivity index (χ0n) is 13.2. The van der Waals surface area contributed by atoms with Gasteiger partial charge in [-0.25, -0.2) is 0 Å². The normalized spacial score (nSPS) is 33.5. The lowest BCUT2D eigenvalue weighted by atomic mass is 9.87. The number of rotatable bonds is 2. The topological polar surface area (TPSA) is 64.0 Å². The van der Waals surface area contributed by atoms with Gasteiger partial charge in [0, 0.05) is 36.7 Å². The molecule has 1 amide bonds. The molecule has 5 nitrogen and oxygen atoms in total. The van der Waals surface area contributed by atoms with Gasteiger partial charge in [-0.2, -0.15) is 0 Å². The molecule has 2 heterocycles. The highest BCUT2D eigenvalue weighted by Gasteiger charge is 2.45. The van der Waals surface area contributed by atoms with Crippen LogP contribution in [0.5, 0.6) is 5.75 Å². The Labute approximate surface area is 150 Å². The lowest BCUT2D eigenvalue weighted by Crippen LogP contribution is -2.59. The Kier molecular flexibility index (Phi) is 4.15. The number of phenols is 1. The Hall–Kier alpha value is -1.01. The molecule has 0 aromatic heterocycles. The highest BCUT2D eigenvalue weighted by Crippen LogP contribution is 2.44. The smallest absolute Gasteiger partial charge is 0.237 e. The summed E-state index contributed by atoms with van der Waals surface area (Å²) in [5.74, 6) is 0.255. The van der Waals surface area contributed by atoms with Crippen molar-refractivity contribution in [3.05, 3.63) is 27.7 Å². The summed E-state index contributed by atoms with van der Waals surface area (Å²) in [7, 11) is 0. The third kappa shape index (κ3) is 2.68. The summed E-state index contributed by atoms with van der Waals surface area (Å²) in [6.45, 7) is 1.80. The van der Waals surface area contributed by atoms with Gasteiger partial charge in [-0.15, -0.1) is 0 Å². The number of phenolic OH excluding ortho intramolecular Hbond substituents is 1. The molecule has 24 heavy (non-hydrogen) atoms. The van der Waals surface area contributed by atoms with Gasteiger partial charge in [-0.1, -0.05) is 23.2 Å². The van der Waals surface area contributed by atoms with Crippen molar-refractivity contribution in [3.63, 3.8) is 0 Å². The maximum absolute atomic E-state index is 12.5. The minimum absolute atomic E-state index is 0.00270. The number of amides is 1. The molecular weight excluding hydrogens is 351 g/mol. The third-order valence-corrected chi connectivity index (χ3v) is 6.46. The van der Waals surface area contributed by atoms with Crippen molar-refractivity contribution < 1.29 is 15.0 Å². The van der Waals surface area contributed by atoms with Gasteiger partial charge in [0.1, 0.15) is 5.75 Å². The first-order valence-corrected chi connectivity index (χ1v) is 9.08. The third-order valence-electron chi connectivity index (χ3n) is 5.64. The van der Waals surface area contributed by atoms with Gasteiger partial charge in [0.25, 0.3) is 0 Å². The Morgan fingerprint density at radius 2 is 1.83 bits per heavy atom. The van der Waals surface area contributed by atoms with Crippen molar-refractivity contribution in [1.29, 1.82) is 0 Å². The molecule has 2 N–H and O–H groups in total. The van der Waals surface area contributed by atoms with E-state index in [0.29, 0.717) is 34.7 Å². The SMILES string of the molecule is O=C1CN(C2CC(O)C2)C[C@@H]2C[C@H](c3c(O)ccc(Cl)c3Cl)CN12. The maximum Gasteiger partial charge on any atom is 0.237 e. The van der Waals surface area contributed by atoms with Crippen molar-refractivity contribution in [3.8, 4) is 5.75 Å². The number of hydrogen-bond acceptors (Lipinski definition) is 4. The van der Waals surface area contributed by atoms with Crippen LogP contribution in [-0.4, -0.2) is 63.7 Å². The van der Waals surface area contributed by atoms with E-state index in [0.717, 1.165) is 25.8 Å². The molecule has 3 aliphatic rings. The number of carbonyl (C=O) groups excluding carboxylic acids is 1. The molecular formula is C17H20Cl2N2O3. The second kappa shape index (κ2) is 6.06. The Morgan fingerprint density at radius 3 is 2.54 bits per heavy atom. The summed E-state index contributed by atoms with van der Waals surface area (Å²) in [5.41, 5.74) is 0.650. The van der Waals surface area contributed by atoms with E-state index in [9.17, 15) is 15.0 Å². The standard InChI is InChI=1S/C17H20Cl2N2O3/c18-13-1-2-14(23)16(17(13)19)9-3-11-7-20(10-4-12(22)5-10)8-15(24)21(11)6-9/h1-2,9-12,22-23H,3-8H2/t9-,10?,11-,12?/m0/s1. The zero-order valence-corrected chi connectivity index (χ0v) is 14.7. The largest absolute Gasteiger partial charge is 0.508 e. The van der Waals surface area contributed by atoms with E-state index >= 15 is 0 Å². The van der Waals surface area contributed by atoms with E-state index in [1.54, 1.807) is 12.1 Å². The predicted octanol–water partition coefficient (Wildman–Crippen LogP) is 2.22. The molecule has 130 valence electrons. The number of nitrogens with zero attached hydrogens (tertiary/aromatic N) is 2. The molecule has 2 saturated heterocycles. The van der Waals surface area contributed by atoms with Crippen LogP contribution in [0.15, 0.2) is 12.1 Å². The van der Waals surface area contributed by atoms with E-state index < -0.39 is 0 Å². The van der Waals surface area contributed by atoms with Crippen molar-refractivity contribution in [1.82, 2.24) is 9.80 Å². The lowest BCUT2D eigenvalue weighted by Gasteiger charge is -2.45. The number of aliphatic hydroxyl groups excluding tert-OH is 1. The molecule has 3 fully saturated rings. The quantitative estimate of drug-likeness (QED) is 0.837. The van der Waals surface area contributed by atoms with Crippen LogP contribution >= 0.6 is 23.2 Å². The molecule has 0 spiro atoms. The van der Waals surface area contributed by atoms with Crippen LogP contribution in [0.4, 0.5) is 0 Å². The van der Waals surface area contributed by atoms with Crippen LogP contribution in [0.3, 0.4) is 0 Å². The van der Waals surface area contributed by atoms with Crippen molar-refractivity contribution in [2.45, 2.75) is 43.4 Å². The fourth-order valence-electron chi connectivity index (χ4n) is 4.28. The number of benzene rings is 1. The lowest BCUT2D eigenvalue weighted by molar-refractivity contribution is -0.141. The number of halogens is 2. The molecule has 1 saturated carbocycles. The number of aromatic hydroxyl groups is 1. The van der Waals surface area contributed by atoms with Crippen LogP contribution in [0.25, 0.3) is 0 Å². The zero-order chi connectivity index (χ0) is 17.0. The van der Waals surface area contributed by atoms with Gasteiger partial charge >= 0.3 is 0 Å². The Bertz CT molecular complexity index is 678. The minimum atomic E-state index is -0.221. The highest BCUT2D eigenvalue weighted by molar-refractivity contribution is 6.42. The second-order valence-electron chi connectivity index (χ2n) is 7.14. The molecule has 0 radical (unpaired) electrons. The van der Waals surface area contributed by atoms with Crippen LogP contribution in [-0.2, 0) is 4.79 Å². The summed E-state index contributed by atoms with van der Waals surface area (Å²) < 4.78 is 0. The minimum Gasteiger partial charge on any atom is -0.508 e. The second-order valence-corrected chi connectivity index (χ2v) is 7.92. The summed E-state index contributed by atoms with van der Waals surface area (Å²) in [6.07, 6.45) is 2.06. The van der Waals surface area contributed by atoms with Crippen LogP contribution in [0.2, 0.25) is 10.0 Å². The summed E-state index contributed by atoms with van der Waals surface area (Å²) in [5, 5.41) is 20.5. The van der Waals surface area contributed by atoms with E-state index in [1.165, 1.54) is 0 Å². The van der Waals surface area contributed by atoms with Gasteiger partial charge < -0.3 is 15.1 Å². The number of aliphatic hydroxyl groups is 1. The molecule has 2 aliphatic heterocycles. The van der Waals surface area contributed by atoms with Gasteiger partial charge in [-0.05, 0) is 31.4 Å². The van der Waals surface area contributed by atoms with Crippen LogP contribution in [0, 0.1) is 0 Å². The summed E-state index contributed by atoms with van der Waals surface area (Å²) in [4.78, 5) is 16.6. The fourth-order valence-corrected chi connectivity index (χ4v) is 4.76. The van der Waals surface area contributed by atoms with Gasteiger partial charge in [-0.3, -0.25) is 9.69 Å². The van der Waals surface area contributed by atoms with E-state index in [1.807, 2.05) is 4.90 Å². The number of fused-ring (bicyclic) bond motifs is 1. The van der Waals surface area contributed by atoms with Gasteiger partial charge in [0.2, 0.25) is 5.91 Å². The van der Waals surface area contributed by atoms with Crippen LogP contribution in [0.1, 0.15) is 30.7 Å². The molecule has 1 aromatic rings. The van der Waals surface area contributed by atoms with E-state index in [4.69, 9.17) is 23.2 Å². The van der Waals surface area contributed by atoms with Gasteiger partial charge in [0.05, 0.1) is 22.7 Å². The monoisotopic (exact) mass is 370 g/mol. The van der Waals surface area contributed by atoms with Gasteiger partial charge in [0.15, 0.2) is 0 Å². The first-order chi connectivity index (χ1) is 11.4. The highest BCUT2D eigenvalue weighted by atomic mass is 35.5. The average molecular weight is 371 g/mol. The van der Waals surface area contributed by atoms with Crippen molar-refractivity contribution >= 4 is 29.1 Å². The molecule has 2 atom stereocenters. The number of hydrogen-bond donors (Lipinski definition) is 2. The summed E-state index contributed by atoms with van der Waals surface area (Å²) in [6, 6.07) is 3.58. The maximum atomic E-state index is 12.5. The van der Waals surface area contributed by atoms with E-state index in [-0.39, 0.29) is 29.7 Å². The molecule has 0 bridgehead atoms. The molecule has 1 aliphatic carbocycles. The number of carbonyl (C=O) groups is 1. The van der Waals surface area contributed by atoms with E-state index in [2.05, 4.69) is 4.90 Å².